The molecule has 1 saturated heterocycles. The molecule has 1 aromatic carbocycles. The molecule has 1 aliphatic carbocycles. The standard InChI is InChI=1S/C19H26N2O3/c1-2-18(22)20-9-4-10-21(12-11-20)19(23)14-24-17-8-7-15-5-3-6-16(15)13-17/h7-8,13H,2-6,9-12,14H2,1H3. The van der Waals surface area contributed by atoms with Crippen LogP contribution in [0, 0.1) is 0 Å². The number of nitrogens with zero attached hydrogens (tertiary/aromatic N) is 2. The summed E-state index contributed by atoms with van der Waals surface area (Å²) in [4.78, 5) is 27.9. The van der Waals surface area contributed by atoms with Crippen molar-refractivity contribution in [3.8, 4) is 5.75 Å². The summed E-state index contributed by atoms with van der Waals surface area (Å²) < 4.78 is 5.71. The predicted octanol–water partition coefficient (Wildman–Crippen LogP) is 2.03. The number of hydrogen-bond acceptors (Lipinski definition) is 3. The van der Waals surface area contributed by atoms with E-state index in [0.717, 1.165) is 31.6 Å². The van der Waals surface area contributed by atoms with Gasteiger partial charge in [0.15, 0.2) is 6.61 Å². The van der Waals surface area contributed by atoms with Gasteiger partial charge in [-0.05, 0) is 48.9 Å². The van der Waals surface area contributed by atoms with Crippen LogP contribution in [0.4, 0.5) is 0 Å². The Hall–Kier alpha value is -2.04. The van der Waals surface area contributed by atoms with Gasteiger partial charge in [0.1, 0.15) is 5.75 Å². The van der Waals surface area contributed by atoms with Gasteiger partial charge in [0, 0.05) is 32.6 Å². The smallest absolute Gasteiger partial charge is 0.260 e. The highest BCUT2D eigenvalue weighted by atomic mass is 16.5. The average Bonchev–Trinajstić information content (AvgIpc) is 2.93. The van der Waals surface area contributed by atoms with Gasteiger partial charge >= 0.3 is 0 Å². The summed E-state index contributed by atoms with van der Waals surface area (Å²) in [5, 5.41) is 0. The second-order valence-electron chi connectivity index (χ2n) is 6.54. The molecule has 0 saturated carbocycles. The summed E-state index contributed by atoms with van der Waals surface area (Å²) in [7, 11) is 0. The molecule has 0 spiro atoms. The Bertz CT molecular complexity index is 615. The van der Waals surface area contributed by atoms with Crippen molar-refractivity contribution in [2.24, 2.45) is 0 Å². The van der Waals surface area contributed by atoms with E-state index in [0.29, 0.717) is 26.1 Å². The normalized spacial score (nSPS) is 17.4. The summed E-state index contributed by atoms with van der Waals surface area (Å²) in [6.45, 7) is 4.60. The SMILES string of the molecule is CCC(=O)N1CCCN(C(=O)COc2ccc3c(c2)CCC3)CC1. The molecule has 0 atom stereocenters. The Morgan fingerprint density at radius 1 is 0.958 bits per heavy atom. The van der Waals surface area contributed by atoms with Crippen molar-refractivity contribution in [1.29, 1.82) is 0 Å². The first kappa shape index (κ1) is 16.8. The molecule has 0 unspecified atom stereocenters. The third kappa shape index (κ3) is 3.89. The molecule has 1 fully saturated rings. The van der Waals surface area contributed by atoms with Gasteiger partial charge in [-0.25, -0.2) is 0 Å². The molecule has 2 amide bonds. The molecule has 1 aromatic rings. The van der Waals surface area contributed by atoms with Crippen molar-refractivity contribution in [3.05, 3.63) is 29.3 Å². The molecular weight excluding hydrogens is 304 g/mol. The highest BCUT2D eigenvalue weighted by molar-refractivity contribution is 5.78. The Morgan fingerprint density at radius 3 is 2.42 bits per heavy atom. The number of benzene rings is 1. The number of carbonyl (C=O) groups is 2. The van der Waals surface area contributed by atoms with E-state index >= 15 is 0 Å². The molecule has 130 valence electrons. The maximum absolute atomic E-state index is 12.4. The molecular formula is C19H26N2O3. The van der Waals surface area contributed by atoms with Crippen LogP contribution in [0.1, 0.15) is 37.3 Å². The van der Waals surface area contributed by atoms with E-state index in [1.807, 2.05) is 22.8 Å². The minimum atomic E-state index is 0.00120. The molecule has 1 heterocycles. The lowest BCUT2D eigenvalue weighted by molar-refractivity contribution is -0.134. The zero-order valence-corrected chi connectivity index (χ0v) is 14.4. The summed E-state index contributed by atoms with van der Waals surface area (Å²) in [5.41, 5.74) is 2.75. The van der Waals surface area contributed by atoms with E-state index in [1.54, 1.807) is 0 Å². The average molecular weight is 330 g/mol. The van der Waals surface area contributed by atoms with Crippen LogP contribution in [0.2, 0.25) is 0 Å². The van der Waals surface area contributed by atoms with Crippen molar-refractivity contribution in [2.75, 3.05) is 32.8 Å². The Labute approximate surface area is 143 Å². The van der Waals surface area contributed by atoms with Gasteiger partial charge in [0.2, 0.25) is 5.91 Å². The maximum atomic E-state index is 12.4. The first-order valence-electron chi connectivity index (χ1n) is 8.97. The molecule has 5 heteroatoms. The lowest BCUT2D eigenvalue weighted by atomic mass is 10.1. The second-order valence-corrected chi connectivity index (χ2v) is 6.54. The number of amides is 2. The largest absolute Gasteiger partial charge is 0.484 e. The van der Waals surface area contributed by atoms with Crippen molar-refractivity contribution in [3.63, 3.8) is 0 Å². The van der Waals surface area contributed by atoms with Gasteiger partial charge < -0.3 is 14.5 Å². The second kappa shape index (κ2) is 7.69. The highest BCUT2D eigenvalue weighted by Crippen LogP contribution is 2.26. The van der Waals surface area contributed by atoms with Gasteiger partial charge in [-0.1, -0.05) is 13.0 Å². The molecule has 0 bridgehead atoms. The van der Waals surface area contributed by atoms with Gasteiger partial charge in [0.25, 0.3) is 5.91 Å². The third-order valence-corrected chi connectivity index (χ3v) is 4.94. The minimum Gasteiger partial charge on any atom is -0.484 e. The van der Waals surface area contributed by atoms with Crippen LogP contribution in [-0.4, -0.2) is 54.4 Å². The monoisotopic (exact) mass is 330 g/mol. The number of aryl methyl sites for hydroxylation is 2. The fourth-order valence-electron chi connectivity index (χ4n) is 3.51. The molecule has 1 aliphatic heterocycles. The zero-order valence-electron chi connectivity index (χ0n) is 14.4. The Kier molecular flexibility index (Phi) is 5.38. The summed E-state index contributed by atoms with van der Waals surface area (Å²) in [6, 6.07) is 6.14. The van der Waals surface area contributed by atoms with E-state index in [1.165, 1.54) is 17.5 Å². The van der Waals surface area contributed by atoms with Crippen molar-refractivity contribution < 1.29 is 14.3 Å². The van der Waals surface area contributed by atoms with E-state index < -0.39 is 0 Å². The number of ether oxygens (including phenoxy) is 1. The fraction of sp³-hybridized carbons (Fsp3) is 0.579. The fourth-order valence-corrected chi connectivity index (χ4v) is 3.51. The van der Waals surface area contributed by atoms with Crippen LogP contribution < -0.4 is 4.74 Å². The van der Waals surface area contributed by atoms with E-state index in [2.05, 4.69) is 12.1 Å². The van der Waals surface area contributed by atoms with Crippen LogP contribution in [0.5, 0.6) is 5.75 Å². The van der Waals surface area contributed by atoms with Gasteiger partial charge in [-0.2, -0.15) is 0 Å². The van der Waals surface area contributed by atoms with Gasteiger partial charge in [0.05, 0.1) is 0 Å². The Morgan fingerprint density at radius 2 is 1.67 bits per heavy atom. The molecule has 0 aromatic heterocycles. The Balaban J connectivity index is 1.51. The molecule has 5 nitrogen and oxygen atoms in total. The van der Waals surface area contributed by atoms with Crippen molar-refractivity contribution in [2.45, 2.75) is 39.0 Å². The molecule has 0 N–H and O–H groups in total. The van der Waals surface area contributed by atoms with Crippen LogP contribution in [0.15, 0.2) is 18.2 Å². The molecule has 24 heavy (non-hydrogen) atoms. The van der Waals surface area contributed by atoms with E-state index in [9.17, 15) is 9.59 Å². The summed E-state index contributed by atoms with van der Waals surface area (Å²) in [6.07, 6.45) is 4.81. The first-order chi connectivity index (χ1) is 11.7. The third-order valence-electron chi connectivity index (χ3n) is 4.94. The first-order valence-corrected chi connectivity index (χ1v) is 8.97. The number of hydrogen-bond donors (Lipinski definition) is 0. The number of fused-ring (bicyclic) bond motifs is 1. The predicted molar refractivity (Wildman–Crippen MR) is 92.0 cm³/mol. The zero-order chi connectivity index (χ0) is 16.9. The summed E-state index contributed by atoms with van der Waals surface area (Å²) in [5.74, 6) is 0.946. The topological polar surface area (TPSA) is 49.9 Å². The quantitative estimate of drug-likeness (QED) is 0.849. The highest BCUT2D eigenvalue weighted by Gasteiger charge is 2.21. The number of carbonyl (C=O) groups excluding carboxylic acids is 2. The summed E-state index contributed by atoms with van der Waals surface area (Å²) >= 11 is 0. The van der Waals surface area contributed by atoms with Gasteiger partial charge in [-0.15, -0.1) is 0 Å². The lowest BCUT2D eigenvalue weighted by Crippen LogP contribution is -2.39. The molecule has 3 rings (SSSR count). The van der Waals surface area contributed by atoms with Crippen molar-refractivity contribution >= 4 is 11.8 Å². The van der Waals surface area contributed by atoms with Crippen LogP contribution >= 0.6 is 0 Å². The van der Waals surface area contributed by atoms with Crippen LogP contribution in [0.25, 0.3) is 0 Å². The van der Waals surface area contributed by atoms with Crippen LogP contribution in [0.3, 0.4) is 0 Å². The minimum absolute atomic E-state index is 0.00120. The van der Waals surface area contributed by atoms with Gasteiger partial charge in [-0.3, -0.25) is 9.59 Å². The molecule has 2 aliphatic rings. The van der Waals surface area contributed by atoms with E-state index in [4.69, 9.17) is 4.74 Å². The number of rotatable bonds is 4. The van der Waals surface area contributed by atoms with Crippen LogP contribution in [-0.2, 0) is 22.4 Å². The lowest BCUT2D eigenvalue weighted by Gasteiger charge is -2.22. The van der Waals surface area contributed by atoms with Crippen molar-refractivity contribution in [1.82, 2.24) is 9.80 Å². The maximum Gasteiger partial charge on any atom is 0.260 e. The van der Waals surface area contributed by atoms with E-state index in [-0.39, 0.29) is 18.4 Å². The molecule has 0 radical (unpaired) electrons.